The first-order chi connectivity index (χ1) is 18.3. The van der Waals surface area contributed by atoms with E-state index in [1.54, 1.807) is 18.2 Å². The minimum atomic E-state index is -1.60. The Labute approximate surface area is 231 Å². The van der Waals surface area contributed by atoms with Gasteiger partial charge in [-0.1, -0.05) is 11.6 Å². The number of carbonyl (C=O) groups is 2. The van der Waals surface area contributed by atoms with Crippen molar-refractivity contribution < 1.29 is 28.6 Å². The van der Waals surface area contributed by atoms with Crippen molar-refractivity contribution in [2.45, 2.75) is 56.8 Å². The Kier molecular flexibility index (Phi) is 7.97. The van der Waals surface area contributed by atoms with Crippen LogP contribution >= 0.6 is 11.6 Å². The third kappa shape index (κ3) is 6.38. The first-order valence-corrected chi connectivity index (χ1v) is 12.9. The Morgan fingerprint density at radius 1 is 1.13 bits per heavy atom. The van der Waals surface area contributed by atoms with Crippen molar-refractivity contribution in [3.63, 3.8) is 0 Å². The van der Waals surface area contributed by atoms with Crippen molar-refractivity contribution in [3.05, 3.63) is 76.2 Å². The highest BCUT2D eigenvalue weighted by atomic mass is 35.5. The lowest BCUT2D eigenvalue weighted by molar-refractivity contribution is -0.122. The number of ether oxygens (including phenoxy) is 2. The number of nitrogens with two attached hydrogens (primary N) is 2. The first kappa shape index (κ1) is 28.5. The van der Waals surface area contributed by atoms with Crippen molar-refractivity contribution in [2.75, 3.05) is 7.11 Å². The summed E-state index contributed by atoms with van der Waals surface area (Å²) in [6.45, 7) is 2.96. The number of hydrogen-bond donors (Lipinski definition) is 3. The second-order valence-corrected chi connectivity index (χ2v) is 10.6. The number of hydrogen-bond acceptors (Lipinski definition) is 7. The Hall–Kier alpha value is -3.53. The van der Waals surface area contributed by atoms with Crippen molar-refractivity contribution in [2.24, 2.45) is 11.5 Å². The van der Waals surface area contributed by atoms with E-state index in [2.05, 4.69) is 4.98 Å². The summed E-state index contributed by atoms with van der Waals surface area (Å²) in [5.41, 5.74) is 10.2. The number of nitrogens with zero attached hydrogens (tertiary/aromatic N) is 1. The van der Waals surface area contributed by atoms with Gasteiger partial charge in [0.15, 0.2) is 17.3 Å². The summed E-state index contributed by atoms with van der Waals surface area (Å²) in [7, 11) is 1.51. The summed E-state index contributed by atoms with van der Waals surface area (Å²) in [5.74, 6) is -0.566. The van der Waals surface area contributed by atoms with E-state index < -0.39 is 22.9 Å². The maximum absolute atomic E-state index is 13.8. The van der Waals surface area contributed by atoms with Crippen LogP contribution in [0.2, 0.25) is 5.02 Å². The van der Waals surface area contributed by atoms with Crippen LogP contribution in [0, 0.1) is 5.82 Å². The van der Waals surface area contributed by atoms with Gasteiger partial charge in [0, 0.05) is 17.5 Å². The minimum absolute atomic E-state index is 0.00635. The Morgan fingerprint density at radius 2 is 1.85 bits per heavy atom. The molecule has 206 valence electrons. The number of aliphatic hydroxyl groups is 1. The van der Waals surface area contributed by atoms with Gasteiger partial charge in [0.1, 0.15) is 17.0 Å². The summed E-state index contributed by atoms with van der Waals surface area (Å²) in [6, 6.07) is 12.1. The van der Waals surface area contributed by atoms with Gasteiger partial charge in [0.2, 0.25) is 5.91 Å². The summed E-state index contributed by atoms with van der Waals surface area (Å²) in [5, 5.41) is 11.3. The molecule has 5 N–H and O–H groups in total. The van der Waals surface area contributed by atoms with Crippen LogP contribution in [0.3, 0.4) is 0 Å². The average Bonchev–Trinajstić information content (AvgIpc) is 3.72. The molecule has 2 atom stereocenters. The van der Waals surface area contributed by atoms with Gasteiger partial charge in [-0.25, -0.2) is 9.37 Å². The van der Waals surface area contributed by atoms with Crippen LogP contribution in [0.25, 0.3) is 11.3 Å². The van der Waals surface area contributed by atoms with Crippen LogP contribution in [-0.4, -0.2) is 35.0 Å². The molecule has 1 fully saturated rings. The van der Waals surface area contributed by atoms with Crippen molar-refractivity contribution in [1.29, 1.82) is 0 Å². The second kappa shape index (κ2) is 10.9. The topological polar surface area (TPSA) is 138 Å². The Balaban J connectivity index is 1.62. The molecule has 0 aliphatic heterocycles. The van der Waals surface area contributed by atoms with Gasteiger partial charge in [-0.2, -0.15) is 0 Å². The van der Waals surface area contributed by atoms with Gasteiger partial charge in [-0.3, -0.25) is 9.59 Å². The molecular weight excluding hydrogens is 525 g/mol. The van der Waals surface area contributed by atoms with E-state index in [1.807, 2.05) is 0 Å². The maximum atomic E-state index is 13.8. The van der Waals surface area contributed by atoms with Gasteiger partial charge >= 0.3 is 0 Å². The molecule has 0 bridgehead atoms. The quantitative estimate of drug-likeness (QED) is 0.293. The molecule has 2 aromatic carbocycles. The molecule has 1 heterocycles. The maximum Gasteiger partial charge on any atom is 0.241 e. The lowest BCUT2D eigenvalue weighted by Gasteiger charge is -2.27. The van der Waals surface area contributed by atoms with E-state index in [4.69, 9.17) is 32.5 Å². The number of methoxy groups -OCH3 is 1. The number of pyridine rings is 1. The molecule has 10 heteroatoms. The number of rotatable bonds is 11. The molecule has 39 heavy (non-hydrogen) atoms. The highest BCUT2D eigenvalue weighted by molar-refractivity contribution is 6.31. The first-order valence-electron chi connectivity index (χ1n) is 12.5. The molecule has 4 rings (SSSR count). The van der Waals surface area contributed by atoms with Gasteiger partial charge in [-0.05, 0) is 87.2 Å². The van der Waals surface area contributed by atoms with Crippen molar-refractivity contribution >= 4 is 23.3 Å². The van der Waals surface area contributed by atoms with Gasteiger partial charge in [0.25, 0.3) is 0 Å². The average molecular weight is 556 g/mol. The Morgan fingerprint density at radius 3 is 2.46 bits per heavy atom. The largest absolute Gasteiger partial charge is 0.493 e. The zero-order valence-corrected chi connectivity index (χ0v) is 22.7. The molecule has 1 aliphatic rings. The molecule has 8 nitrogen and oxygen atoms in total. The molecule has 3 aromatic rings. The van der Waals surface area contributed by atoms with Crippen LogP contribution in [0.15, 0.2) is 48.5 Å². The van der Waals surface area contributed by atoms with Gasteiger partial charge < -0.3 is 26.0 Å². The fourth-order valence-electron chi connectivity index (χ4n) is 3.99. The smallest absolute Gasteiger partial charge is 0.241 e. The molecule has 0 saturated heterocycles. The lowest BCUT2D eigenvalue weighted by atomic mass is 9.86. The fraction of sp³-hybridized carbons (Fsp3) is 0.345. The van der Waals surface area contributed by atoms with Gasteiger partial charge in [-0.15, -0.1) is 0 Å². The zero-order valence-electron chi connectivity index (χ0n) is 22.0. The van der Waals surface area contributed by atoms with Crippen LogP contribution < -0.4 is 20.9 Å². The van der Waals surface area contributed by atoms with Crippen molar-refractivity contribution in [3.8, 4) is 22.8 Å². The second-order valence-electron chi connectivity index (χ2n) is 10.2. The molecule has 0 spiro atoms. The third-order valence-electron chi connectivity index (χ3n) is 6.85. The number of ketones is 1. The van der Waals surface area contributed by atoms with E-state index in [9.17, 15) is 19.1 Å². The summed E-state index contributed by atoms with van der Waals surface area (Å²) in [6.07, 6.45) is 2.16. The molecule has 2 unspecified atom stereocenters. The fourth-order valence-corrected chi connectivity index (χ4v) is 4.17. The van der Waals surface area contributed by atoms with E-state index in [0.29, 0.717) is 28.3 Å². The van der Waals surface area contributed by atoms with Crippen molar-refractivity contribution in [1.82, 2.24) is 4.98 Å². The van der Waals surface area contributed by atoms with E-state index in [0.717, 1.165) is 12.8 Å². The molecule has 1 amide bonds. The lowest BCUT2D eigenvalue weighted by Crippen LogP contribution is -2.46. The standard InChI is InChI=1S/C29H31ClFN3O5/c1-28(37,11-10-23(35)17-5-9-24(25(13-17)38-3)39-19-6-7-19)26-15-18(29(2,33)27(32)36)14-22(34-26)16-4-8-21(31)20(30)12-16/h4-5,8-9,12-15,19,37H,6-7,10-11,33H2,1-3H3,(H2,32,36). The number of Topliss-reactive ketones (excluding diaryl/α,β-unsaturated/α-hetero) is 1. The van der Waals surface area contributed by atoms with Crippen LogP contribution in [-0.2, 0) is 15.9 Å². The number of amides is 1. The number of aromatic nitrogens is 1. The summed E-state index contributed by atoms with van der Waals surface area (Å²) in [4.78, 5) is 29.7. The molecular formula is C29H31ClFN3O5. The van der Waals surface area contributed by atoms with Crippen LogP contribution in [0.5, 0.6) is 11.5 Å². The highest BCUT2D eigenvalue weighted by Crippen LogP contribution is 2.36. The molecule has 1 aliphatic carbocycles. The van der Waals surface area contributed by atoms with Gasteiger partial charge in [0.05, 0.1) is 29.6 Å². The summed E-state index contributed by atoms with van der Waals surface area (Å²) >= 11 is 5.97. The number of halogens is 2. The van der Waals surface area contributed by atoms with E-state index in [1.165, 1.54) is 51.3 Å². The minimum Gasteiger partial charge on any atom is -0.493 e. The number of primary amides is 1. The SMILES string of the molecule is COc1cc(C(=O)CCC(C)(O)c2cc(C(C)(N)C(N)=O)cc(-c3ccc(F)c(Cl)c3)n2)ccc1OC1CC1. The monoisotopic (exact) mass is 555 g/mol. The number of carbonyl (C=O) groups excluding carboxylic acids is 2. The highest BCUT2D eigenvalue weighted by Gasteiger charge is 2.33. The molecule has 0 radical (unpaired) electrons. The normalized spacial score (nSPS) is 16.2. The zero-order chi connectivity index (χ0) is 28.5. The van der Waals surface area contributed by atoms with Crippen LogP contribution in [0.1, 0.15) is 61.1 Å². The third-order valence-corrected chi connectivity index (χ3v) is 7.14. The molecule has 1 aromatic heterocycles. The van der Waals surface area contributed by atoms with E-state index >= 15 is 0 Å². The predicted octanol–water partition coefficient (Wildman–Crippen LogP) is 4.62. The Bertz CT molecular complexity index is 1420. The molecule has 1 saturated carbocycles. The van der Waals surface area contributed by atoms with Crippen LogP contribution in [0.4, 0.5) is 4.39 Å². The predicted molar refractivity (Wildman–Crippen MR) is 145 cm³/mol. The summed E-state index contributed by atoms with van der Waals surface area (Å²) < 4.78 is 25.0. The number of benzene rings is 2. The van der Waals surface area contributed by atoms with E-state index in [-0.39, 0.29) is 41.0 Å².